The Morgan fingerprint density at radius 1 is 1.12 bits per heavy atom. The second-order valence-electron chi connectivity index (χ2n) is 5.42. The van der Waals surface area contributed by atoms with E-state index in [4.69, 9.17) is 9.84 Å². The van der Waals surface area contributed by atoms with Crippen LogP contribution in [0.5, 0.6) is 0 Å². The zero-order chi connectivity index (χ0) is 18.8. The predicted octanol–water partition coefficient (Wildman–Crippen LogP) is 2.09. The molecule has 0 radical (unpaired) electrons. The van der Waals surface area contributed by atoms with E-state index in [2.05, 4.69) is 26.2 Å². The van der Waals surface area contributed by atoms with Crippen LogP contribution in [-0.4, -0.2) is 46.7 Å². The molecule has 0 bridgehead atoms. The van der Waals surface area contributed by atoms with Crippen LogP contribution < -0.4 is 5.32 Å². The van der Waals surface area contributed by atoms with Gasteiger partial charge in [0.05, 0.1) is 18.8 Å². The number of hydrogen-bond acceptors (Lipinski definition) is 5. The van der Waals surface area contributed by atoms with Crippen molar-refractivity contribution >= 4 is 27.9 Å². The number of nitrogens with zero attached hydrogens (tertiary/aromatic N) is 2. The lowest BCUT2D eigenvalue weighted by Gasteiger charge is -2.22. The normalized spacial score (nSPS) is 10.2. The fourth-order valence-corrected chi connectivity index (χ4v) is 2.57. The molecular formula is C18H20BrN3O4. The van der Waals surface area contributed by atoms with Gasteiger partial charge in [-0.05, 0) is 33.6 Å². The molecule has 0 aliphatic heterocycles. The maximum Gasteiger partial charge on any atom is 0.410 e. The molecule has 2 rings (SSSR count). The zero-order valence-corrected chi connectivity index (χ0v) is 15.7. The number of hydrogen-bond donors (Lipinski definition) is 2. The van der Waals surface area contributed by atoms with Crippen molar-refractivity contribution in [2.75, 3.05) is 19.8 Å². The van der Waals surface area contributed by atoms with Gasteiger partial charge >= 0.3 is 6.09 Å². The van der Waals surface area contributed by atoms with Crippen LogP contribution in [0.2, 0.25) is 0 Å². The number of rotatable bonds is 8. The highest BCUT2D eigenvalue weighted by molar-refractivity contribution is 9.10. The van der Waals surface area contributed by atoms with Crippen molar-refractivity contribution < 1.29 is 19.4 Å². The summed E-state index contributed by atoms with van der Waals surface area (Å²) >= 11 is 3.31. The number of carbonyl (C=O) groups excluding carboxylic acids is 2. The Labute approximate surface area is 160 Å². The molecule has 1 heterocycles. The van der Waals surface area contributed by atoms with Gasteiger partial charge in [-0.25, -0.2) is 9.78 Å². The van der Waals surface area contributed by atoms with E-state index < -0.39 is 18.6 Å². The third-order valence-electron chi connectivity index (χ3n) is 3.36. The Hall–Kier alpha value is -2.45. The summed E-state index contributed by atoms with van der Waals surface area (Å²) in [5, 5.41) is 11.1. The highest BCUT2D eigenvalue weighted by Gasteiger charge is 2.18. The number of amides is 2. The molecule has 26 heavy (non-hydrogen) atoms. The fraction of sp³-hybridized carbons (Fsp3) is 0.278. The van der Waals surface area contributed by atoms with E-state index >= 15 is 0 Å². The number of carbonyl (C=O) groups is 2. The van der Waals surface area contributed by atoms with Crippen LogP contribution >= 0.6 is 15.9 Å². The van der Waals surface area contributed by atoms with Gasteiger partial charge in [0.2, 0.25) is 0 Å². The van der Waals surface area contributed by atoms with Gasteiger partial charge in [0.1, 0.15) is 4.60 Å². The first-order chi connectivity index (χ1) is 12.6. The number of aromatic nitrogens is 1. The Balaban J connectivity index is 2.04. The molecule has 7 nitrogen and oxygen atoms in total. The first-order valence-electron chi connectivity index (χ1n) is 8.03. The van der Waals surface area contributed by atoms with E-state index in [0.717, 1.165) is 5.56 Å². The average Bonchev–Trinajstić information content (AvgIpc) is 2.64. The molecule has 0 saturated heterocycles. The molecule has 0 saturated carbocycles. The minimum absolute atomic E-state index is 0.117. The minimum Gasteiger partial charge on any atom is -0.439 e. The summed E-state index contributed by atoms with van der Waals surface area (Å²) in [6, 6.07) is 14.9. The van der Waals surface area contributed by atoms with E-state index in [0.29, 0.717) is 16.8 Å². The van der Waals surface area contributed by atoms with Crippen LogP contribution in [0.1, 0.15) is 11.3 Å². The Morgan fingerprint density at radius 3 is 2.58 bits per heavy atom. The number of aliphatic hydroxyl groups is 1. The smallest absolute Gasteiger partial charge is 0.410 e. The van der Waals surface area contributed by atoms with Gasteiger partial charge in [0.15, 0.2) is 6.61 Å². The third-order valence-corrected chi connectivity index (χ3v) is 3.80. The van der Waals surface area contributed by atoms with Gasteiger partial charge in [-0.1, -0.05) is 36.4 Å². The molecule has 0 aliphatic carbocycles. The summed E-state index contributed by atoms with van der Waals surface area (Å²) in [4.78, 5) is 29.8. The number of halogens is 1. The topological polar surface area (TPSA) is 91.8 Å². The number of pyridine rings is 1. The quantitative estimate of drug-likeness (QED) is 0.636. The minimum atomic E-state index is -0.616. The van der Waals surface area contributed by atoms with Crippen molar-refractivity contribution in [1.82, 2.24) is 15.2 Å². The van der Waals surface area contributed by atoms with Crippen molar-refractivity contribution in [3.8, 4) is 0 Å². The van der Waals surface area contributed by atoms with Crippen LogP contribution in [-0.2, 0) is 22.6 Å². The van der Waals surface area contributed by atoms with Gasteiger partial charge in [-0.15, -0.1) is 0 Å². The highest BCUT2D eigenvalue weighted by atomic mass is 79.9. The van der Waals surface area contributed by atoms with Crippen LogP contribution in [0, 0.1) is 0 Å². The van der Waals surface area contributed by atoms with Crippen LogP contribution in [0.3, 0.4) is 0 Å². The van der Waals surface area contributed by atoms with Crippen molar-refractivity contribution in [1.29, 1.82) is 0 Å². The second kappa shape index (κ2) is 10.5. The lowest BCUT2D eigenvalue weighted by atomic mass is 10.2. The number of benzene rings is 1. The van der Waals surface area contributed by atoms with E-state index in [1.165, 1.54) is 4.90 Å². The monoisotopic (exact) mass is 421 g/mol. The van der Waals surface area contributed by atoms with Crippen LogP contribution in [0.15, 0.2) is 53.1 Å². The van der Waals surface area contributed by atoms with Crippen molar-refractivity contribution in [3.05, 3.63) is 64.4 Å². The summed E-state index contributed by atoms with van der Waals surface area (Å²) in [7, 11) is 0. The summed E-state index contributed by atoms with van der Waals surface area (Å²) < 4.78 is 5.76. The maximum atomic E-state index is 12.4. The standard InChI is InChI=1S/C18H20BrN3O4/c19-16-8-4-7-15(21-16)12-22(11-14-5-2-1-3-6-14)18(25)26-13-17(24)20-9-10-23/h1-8,23H,9-13H2,(H,20,24). The van der Waals surface area contributed by atoms with E-state index in [1.807, 2.05) is 42.5 Å². The molecule has 2 N–H and O–H groups in total. The Morgan fingerprint density at radius 2 is 1.88 bits per heavy atom. The van der Waals surface area contributed by atoms with Gasteiger partial charge in [-0.2, -0.15) is 0 Å². The molecule has 0 spiro atoms. The summed E-state index contributed by atoms with van der Waals surface area (Å²) in [5.74, 6) is -0.465. The molecule has 0 fully saturated rings. The molecule has 138 valence electrons. The lowest BCUT2D eigenvalue weighted by Crippen LogP contribution is -2.35. The molecule has 0 atom stereocenters. The number of aliphatic hydroxyl groups excluding tert-OH is 1. The molecule has 0 aliphatic rings. The molecule has 2 amide bonds. The largest absolute Gasteiger partial charge is 0.439 e. The summed E-state index contributed by atoms with van der Waals surface area (Å²) in [6.45, 7) is 0.105. The molecule has 0 unspecified atom stereocenters. The van der Waals surface area contributed by atoms with Crippen LogP contribution in [0.4, 0.5) is 4.79 Å². The third kappa shape index (κ3) is 6.81. The first-order valence-corrected chi connectivity index (χ1v) is 8.82. The zero-order valence-electron chi connectivity index (χ0n) is 14.1. The maximum absolute atomic E-state index is 12.4. The molecule has 8 heteroatoms. The molecule has 2 aromatic rings. The number of ether oxygens (including phenoxy) is 1. The van der Waals surface area contributed by atoms with E-state index in [-0.39, 0.29) is 19.7 Å². The molecule has 1 aromatic carbocycles. The second-order valence-corrected chi connectivity index (χ2v) is 6.23. The lowest BCUT2D eigenvalue weighted by molar-refractivity contribution is -0.124. The van der Waals surface area contributed by atoms with Gasteiger partial charge in [0, 0.05) is 13.1 Å². The van der Waals surface area contributed by atoms with E-state index in [9.17, 15) is 9.59 Å². The van der Waals surface area contributed by atoms with Crippen molar-refractivity contribution in [3.63, 3.8) is 0 Å². The van der Waals surface area contributed by atoms with Gasteiger partial charge < -0.3 is 15.2 Å². The summed E-state index contributed by atoms with van der Waals surface area (Å²) in [5.41, 5.74) is 1.63. The van der Waals surface area contributed by atoms with Gasteiger partial charge in [0.25, 0.3) is 5.91 Å². The van der Waals surface area contributed by atoms with Gasteiger partial charge in [-0.3, -0.25) is 9.69 Å². The first kappa shape index (κ1) is 19.9. The van der Waals surface area contributed by atoms with Crippen molar-refractivity contribution in [2.24, 2.45) is 0 Å². The highest BCUT2D eigenvalue weighted by Crippen LogP contribution is 2.12. The molecule has 1 aromatic heterocycles. The average molecular weight is 422 g/mol. The summed E-state index contributed by atoms with van der Waals surface area (Å²) in [6.07, 6.45) is -0.616. The SMILES string of the molecule is O=C(COC(=O)N(Cc1ccccc1)Cc1cccc(Br)n1)NCCO. The Bertz CT molecular complexity index is 727. The van der Waals surface area contributed by atoms with Crippen LogP contribution in [0.25, 0.3) is 0 Å². The Kier molecular flexibility index (Phi) is 8.04. The van der Waals surface area contributed by atoms with E-state index in [1.54, 1.807) is 6.07 Å². The van der Waals surface area contributed by atoms with Crippen molar-refractivity contribution in [2.45, 2.75) is 13.1 Å². The molecular weight excluding hydrogens is 402 g/mol. The number of nitrogens with one attached hydrogen (secondary N) is 1. The fourth-order valence-electron chi connectivity index (χ4n) is 2.19. The predicted molar refractivity (Wildman–Crippen MR) is 99.1 cm³/mol.